The Morgan fingerprint density at radius 3 is 2.90 bits per heavy atom. The summed E-state index contributed by atoms with van der Waals surface area (Å²) in [6.45, 7) is 0.250. The number of fused-ring (bicyclic) bond motifs is 1. The number of benzene rings is 2. The van der Waals surface area contributed by atoms with Crippen LogP contribution in [0.4, 0.5) is 20.2 Å². The van der Waals surface area contributed by atoms with Gasteiger partial charge in [-0.05, 0) is 24.3 Å². The van der Waals surface area contributed by atoms with Crippen molar-refractivity contribution in [2.75, 3.05) is 17.2 Å². The lowest BCUT2D eigenvalue weighted by molar-refractivity contribution is -0.122. The molecule has 2 N–H and O–H groups in total. The van der Waals surface area contributed by atoms with Crippen molar-refractivity contribution < 1.29 is 18.3 Å². The van der Waals surface area contributed by atoms with Gasteiger partial charge in [0.2, 0.25) is 0 Å². The molecule has 1 unspecified atom stereocenters. The first-order valence-electron chi connectivity index (χ1n) is 6.39. The average molecular weight is 290 g/mol. The molecular weight excluding hydrogens is 278 g/mol. The number of para-hydroxylation sites is 2. The third-order valence-electron chi connectivity index (χ3n) is 3.11. The second-order valence-corrected chi connectivity index (χ2v) is 4.60. The van der Waals surface area contributed by atoms with E-state index < -0.39 is 23.6 Å². The zero-order chi connectivity index (χ0) is 14.8. The van der Waals surface area contributed by atoms with Crippen LogP contribution in [0.1, 0.15) is 0 Å². The van der Waals surface area contributed by atoms with E-state index in [9.17, 15) is 13.6 Å². The summed E-state index contributed by atoms with van der Waals surface area (Å²) in [5, 5.41) is 5.38. The van der Waals surface area contributed by atoms with E-state index in [1.54, 1.807) is 12.1 Å². The molecule has 21 heavy (non-hydrogen) atoms. The number of hydrogen-bond donors (Lipinski definition) is 2. The van der Waals surface area contributed by atoms with Crippen molar-refractivity contribution in [3.63, 3.8) is 0 Å². The molecule has 1 atom stereocenters. The van der Waals surface area contributed by atoms with E-state index in [1.807, 2.05) is 12.1 Å². The number of rotatable bonds is 2. The smallest absolute Gasteiger partial charge is 0.267 e. The van der Waals surface area contributed by atoms with Crippen LogP contribution in [-0.2, 0) is 4.79 Å². The van der Waals surface area contributed by atoms with Gasteiger partial charge in [-0.15, -0.1) is 0 Å². The molecule has 0 fully saturated rings. The fourth-order valence-electron chi connectivity index (χ4n) is 2.07. The molecule has 2 aromatic rings. The number of carbonyl (C=O) groups excluding carboxylic acids is 1. The molecular formula is C15H12F2N2O2. The van der Waals surface area contributed by atoms with Gasteiger partial charge in [-0.1, -0.05) is 12.1 Å². The third-order valence-corrected chi connectivity index (χ3v) is 3.11. The summed E-state index contributed by atoms with van der Waals surface area (Å²) in [6, 6.07) is 10.1. The molecule has 0 aromatic heterocycles. The Kier molecular flexibility index (Phi) is 3.43. The van der Waals surface area contributed by atoms with E-state index >= 15 is 0 Å². The molecule has 1 aliphatic rings. The quantitative estimate of drug-likeness (QED) is 0.894. The zero-order valence-electron chi connectivity index (χ0n) is 10.9. The third kappa shape index (κ3) is 2.79. The molecule has 0 saturated carbocycles. The highest BCUT2D eigenvalue weighted by molar-refractivity contribution is 5.95. The Bertz CT molecular complexity index is 691. The lowest BCUT2D eigenvalue weighted by Crippen LogP contribution is -2.41. The van der Waals surface area contributed by atoms with Crippen molar-refractivity contribution in [1.29, 1.82) is 0 Å². The summed E-state index contributed by atoms with van der Waals surface area (Å²) >= 11 is 0. The molecule has 1 amide bonds. The van der Waals surface area contributed by atoms with Crippen molar-refractivity contribution in [3.8, 4) is 5.75 Å². The molecule has 3 rings (SSSR count). The Balaban J connectivity index is 1.74. The first kappa shape index (κ1) is 13.4. The number of halogens is 2. The molecule has 2 aromatic carbocycles. The Labute approximate surface area is 119 Å². The van der Waals surface area contributed by atoms with E-state index in [-0.39, 0.29) is 12.2 Å². The normalized spacial score (nSPS) is 16.4. The first-order chi connectivity index (χ1) is 10.1. The minimum atomic E-state index is -0.817. The van der Waals surface area contributed by atoms with Crippen LogP contribution in [0.25, 0.3) is 0 Å². The monoisotopic (exact) mass is 290 g/mol. The summed E-state index contributed by atoms with van der Waals surface area (Å²) in [6.07, 6.45) is -0.817. The minimum absolute atomic E-state index is 0.206. The summed E-state index contributed by atoms with van der Waals surface area (Å²) in [7, 11) is 0. The second-order valence-electron chi connectivity index (χ2n) is 4.60. The van der Waals surface area contributed by atoms with Gasteiger partial charge >= 0.3 is 0 Å². The largest absolute Gasteiger partial charge is 0.477 e. The van der Waals surface area contributed by atoms with Crippen LogP contribution in [-0.4, -0.2) is 18.6 Å². The summed E-state index contributed by atoms with van der Waals surface area (Å²) in [4.78, 5) is 12.1. The summed E-state index contributed by atoms with van der Waals surface area (Å²) in [5.41, 5.74) is 0.584. The van der Waals surface area contributed by atoms with Crippen LogP contribution in [0.3, 0.4) is 0 Å². The van der Waals surface area contributed by atoms with E-state index in [1.165, 1.54) is 0 Å². The van der Waals surface area contributed by atoms with Crippen LogP contribution < -0.4 is 15.4 Å². The molecule has 0 saturated heterocycles. The van der Waals surface area contributed by atoms with E-state index in [4.69, 9.17) is 4.74 Å². The van der Waals surface area contributed by atoms with Crippen LogP contribution >= 0.6 is 0 Å². The molecule has 6 heteroatoms. The van der Waals surface area contributed by atoms with Crippen molar-refractivity contribution in [1.82, 2.24) is 0 Å². The number of ether oxygens (including phenoxy) is 1. The number of nitrogens with one attached hydrogen (secondary N) is 2. The van der Waals surface area contributed by atoms with Crippen LogP contribution in [0.15, 0.2) is 42.5 Å². The molecule has 0 spiro atoms. The van der Waals surface area contributed by atoms with Crippen molar-refractivity contribution in [3.05, 3.63) is 54.1 Å². The van der Waals surface area contributed by atoms with Gasteiger partial charge in [-0.25, -0.2) is 8.78 Å². The maximum Gasteiger partial charge on any atom is 0.267 e. The molecule has 108 valence electrons. The van der Waals surface area contributed by atoms with E-state index in [0.29, 0.717) is 5.75 Å². The van der Waals surface area contributed by atoms with Crippen LogP contribution in [0.5, 0.6) is 5.75 Å². The number of hydrogen-bond acceptors (Lipinski definition) is 3. The maximum absolute atomic E-state index is 13.5. The first-order valence-corrected chi connectivity index (χ1v) is 6.39. The molecule has 0 bridgehead atoms. The lowest BCUT2D eigenvalue weighted by atomic mass is 10.2. The standard InChI is InChI=1S/C15H12F2N2O2/c16-9-5-6-10(17)12(7-9)19-15(20)14-8-18-11-3-1-2-4-13(11)21-14/h1-7,14,18H,8H2,(H,19,20). The predicted molar refractivity (Wildman–Crippen MR) is 74.3 cm³/mol. The SMILES string of the molecule is O=C(Nc1cc(F)ccc1F)C1CNc2ccccc2O1. The number of carbonyl (C=O) groups is 1. The van der Waals surface area contributed by atoms with E-state index in [0.717, 1.165) is 23.9 Å². The van der Waals surface area contributed by atoms with Crippen molar-refractivity contribution in [2.24, 2.45) is 0 Å². The van der Waals surface area contributed by atoms with Gasteiger partial charge in [0.05, 0.1) is 17.9 Å². The van der Waals surface area contributed by atoms with Gasteiger partial charge in [0.25, 0.3) is 5.91 Å². The van der Waals surface area contributed by atoms with Crippen LogP contribution in [0.2, 0.25) is 0 Å². The minimum Gasteiger partial charge on any atom is -0.477 e. The fraction of sp³-hybridized carbons (Fsp3) is 0.133. The molecule has 1 heterocycles. The molecule has 0 aliphatic carbocycles. The van der Waals surface area contributed by atoms with Gasteiger partial charge in [-0.2, -0.15) is 0 Å². The van der Waals surface area contributed by atoms with Gasteiger partial charge in [0, 0.05) is 6.07 Å². The highest BCUT2D eigenvalue weighted by Crippen LogP contribution is 2.28. The van der Waals surface area contributed by atoms with Gasteiger partial charge in [-0.3, -0.25) is 4.79 Å². The average Bonchev–Trinajstić information content (AvgIpc) is 2.50. The van der Waals surface area contributed by atoms with E-state index in [2.05, 4.69) is 10.6 Å². The number of anilines is 2. The van der Waals surface area contributed by atoms with Crippen molar-refractivity contribution >= 4 is 17.3 Å². The van der Waals surface area contributed by atoms with Gasteiger partial charge in [0.15, 0.2) is 6.10 Å². The Morgan fingerprint density at radius 2 is 2.05 bits per heavy atom. The summed E-state index contributed by atoms with van der Waals surface area (Å²) in [5.74, 6) is -1.32. The fourth-order valence-corrected chi connectivity index (χ4v) is 2.07. The lowest BCUT2D eigenvalue weighted by Gasteiger charge is -2.26. The number of amides is 1. The van der Waals surface area contributed by atoms with Crippen LogP contribution in [0, 0.1) is 11.6 Å². The maximum atomic E-state index is 13.5. The predicted octanol–water partition coefficient (Wildman–Crippen LogP) is 2.78. The molecule has 0 radical (unpaired) electrons. The second kappa shape index (κ2) is 5.40. The zero-order valence-corrected chi connectivity index (χ0v) is 10.9. The topological polar surface area (TPSA) is 50.4 Å². The van der Waals surface area contributed by atoms with Crippen molar-refractivity contribution in [2.45, 2.75) is 6.10 Å². The summed E-state index contributed by atoms with van der Waals surface area (Å²) < 4.78 is 32.1. The highest BCUT2D eigenvalue weighted by atomic mass is 19.1. The van der Waals surface area contributed by atoms with Gasteiger partial charge < -0.3 is 15.4 Å². The Morgan fingerprint density at radius 1 is 1.24 bits per heavy atom. The molecule has 4 nitrogen and oxygen atoms in total. The molecule has 1 aliphatic heterocycles. The van der Waals surface area contributed by atoms with Gasteiger partial charge in [0.1, 0.15) is 17.4 Å². The Hall–Kier alpha value is -2.63. The highest BCUT2D eigenvalue weighted by Gasteiger charge is 2.26.